The molecule has 2 N–H and O–H groups in total. The van der Waals surface area contributed by atoms with Gasteiger partial charge in [-0.25, -0.2) is 0 Å². The zero-order chi connectivity index (χ0) is 14.7. The van der Waals surface area contributed by atoms with E-state index >= 15 is 0 Å². The number of nitrogens with two attached hydrogens (primary N) is 1. The molecule has 3 heteroatoms. The van der Waals surface area contributed by atoms with E-state index in [9.17, 15) is 5.26 Å². The van der Waals surface area contributed by atoms with Crippen molar-refractivity contribution in [2.45, 2.75) is 18.5 Å². The third-order valence-electron chi connectivity index (χ3n) is 4.17. The quantitative estimate of drug-likeness (QED) is 0.937. The Balaban J connectivity index is 1.79. The van der Waals surface area contributed by atoms with Crippen LogP contribution in [0, 0.1) is 11.3 Å². The normalized spacial score (nSPS) is 17.5. The van der Waals surface area contributed by atoms with Crippen LogP contribution in [0.4, 0.5) is 0 Å². The number of benzene rings is 2. The topological polar surface area (TPSA) is 53.1 Å². The smallest absolute Gasteiger partial charge is 0.142 e. The molecule has 1 aliphatic rings. The summed E-state index contributed by atoms with van der Waals surface area (Å²) in [5.74, 6) is 0. The van der Waals surface area contributed by atoms with Gasteiger partial charge in [-0.1, -0.05) is 54.6 Å². The van der Waals surface area contributed by atoms with Crippen LogP contribution in [-0.2, 0) is 18.5 Å². The molecule has 0 aromatic heterocycles. The third-order valence-corrected chi connectivity index (χ3v) is 4.17. The second-order valence-electron chi connectivity index (χ2n) is 5.68. The van der Waals surface area contributed by atoms with Crippen LogP contribution in [0.5, 0.6) is 0 Å². The van der Waals surface area contributed by atoms with Crippen LogP contribution in [0.3, 0.4) is 0 Å². The summed E-state index contributed by atoms with van der Waals surface area (Å²) in [6.45, 7) is 2.37. The molecule has 1 aliphatic heterocycles. The van der Waals surface area contributed by atoms with Gasteiger partial charge in [0, 0.05) is 19.6 Å². The first-order valence-electron chi connectivity index (χ1n) is 7.26. The highest BCUT2D eigenvalue weighted by molar-refractivity contribution is 5.33. The van der Waals surface area contributed by atoms with Gasteiger partial charge in [0.25, 0.3) is 0 Å². The molecule has 0 radical (unpaired) electrons. The van der Waals surface area contributed by atoms with Gasteiger partial charge in [0.2, 0.25) is 0 Å². The molecule has 0 amide bonds. The monoisotopic (exact) mass is 277 g/mol. The van der Waals surface area contributed by atoms with E-state index in [1.165, 1.54) is 11.1 Å². The summed E-state index contributed by atoms with van der Waals surface area (Å²) in [5.41, 5.74) is 9.05. The molecule has 0 bridgehead atoms. The molecule has 0 fully saturated rings. The van der Waals surface area contributed by atoms with E-state index in [1.54, 1.807) is 0 Å². The van der Waals surface area contributed by atoms with E-state index in [0.717, 1.165) is 25.1 Å². The maximum atomic E-state index is 9.56. The lowest BCUT2D eigenvalue weighted by Gasteiger charge is -2.34. The Morgan fingerprint density at radius 3 is 2.43 bits per heavy atom. The molecule has 3 nitrogen and oxygen atoms in total. The van der Waals surface area contributed by atoms with E-state index in [1.807, 2.05) is 30.3 Å². The summed E-state index contributed by atoms with van der Waals surface area (Å²) in [4.78, 5) is 2.28. The van der Waals surface area contributed by atoms with Gasteiger partial charge >= 0.3 is 0 Å². The largest absolute Gasteiger partial charge is 0.309 e. The fourth-order valence-electron chi connectivity index (χ4n) is 2.97. The molecule has 0 saturated carbocycles. The van der Waals surface area contributed by atoms with Gasteiger partial charge in [-0.05, 0) is 23.1 Å². The Morgan fingerprint density at radius 2 is 1.71 bits per heavy atom. The van der Waals surface area contributed by atoms with Crippen molar-refractivity contribution in [1.82, 2.24) is 4.90 Å². The lowest BCUT2D eigenvalue weighted by atomic mass is 9.90. The average Bonchev–Trinajstić information content (AvgIpc) is 2.55. The minimum absolute atomic E-state index is 0.557. The highest BCUT2D eigenvalue weighted by atomic mass is 15.1. The van der Waals surface area contributed by atoms with Gasteiger partial charge < -0.3 is 5.73 Å². The lowest BCUT2D eigenvalue weighted by molar-refractivity contribution is 0.217. The number of hydrogen-bond acceptors (Lipinski definition) is 3. The van der Waals surface area contributed by atoms with Crippen molar-refractivity contribution in [3.63, 3.8) is 0 Å². The molecular weight excluding hydrogens is 258 g/mol. The Morgan fingerprint density at radius 1 is 1.05 bits per heavy atom. The SMILES string of the molecule is N#CC(N)(CN1CCc2ccccc2C1)c1ccccc1. The number of fused-ring (bicyclic) bond motifs is 1. The molecule has 21 heavy (non-hydrogen) atoms. The van der Waals surface area contributed by atoms with E-state index in [0.29, 0.717) is 6.54 Å². The van der Waals surface area contributed by atoms with Crippen LogP contribution >= 0.6 is 0 Å². The van der Waals surface area contributed by atoms with E-state index in [4.69, 9.17) is 5.73 Å². The molecule has 106 valence electrons. The van der Waals surface area contributed by atoms with Gasteiger partial charge in [-0.15, -0.1) is 0 Å². The second kappa shape index (κ2) is 5.69. The highest BCUT2D eigenvalue weighted by Crippen LogP contribution is 2.24. The molecule has 2 aromatic carbocycles. The maximum Gasteiger partial charge on any atom is 0.142 e. The van der Waals surface area contributed by atoms with Crippen LogP contribution in [0.15, 0.2) is 54.6 Å². The Labute approximate surface area is 125 Å². The summed E-state index contributed by atoms with van der Waals surface area (Å²) in [5, 5.41) is 9.56. The van der Waals surface area contributed by atoms with Crippen LogP contribution in [0.25, 0.3) is 0 Å². The summed E-state index contributed by atoms with van der Waals surface area (Å²) in [7, 11) is 0. The molecule has 0 aliphatic carbocycles. The Bertz CT molecular complexity index is 660. The zero-order valence-electron chi connectivity index (χ0n) is 12.0. The summed E-state index contributed by atoms with van der Waals surface area (Å²) in [6, 6.07) is 20.5. The molecule has 1 unspecified atom stereocenters. The number of nitrogens with zero attached hydrogens (tertiary/aromatic N) is 2. The fraction of sp³-hybridized carbons (Fsp3) is 0.278. The Kier molecular flexibility index (Phi) is 3.74. The molecule has 0 spiro atoms. The molecule has 3 rings (SSSR count). The Hall–Kier alpha value is -2.15. The van der Waals surface area contributed by atoms with Crippen molar-refractivity contribution in [2.24, 2.45) is 5.73 Å². The fourth-order valence-corrected chi connectivity index (χ4v) is 2.97. The molecule has 1 atom stereocenters. The van der Waals surface area contributed by atoms with Crippen molar-refractivity contribution in [1.29, 1.82) is 5.26 Å². The number of nitriles is 1. The zero-order valence-corrected chi connectivity index (χ0v) is 12.0. The van der Waals surface area contributed by atoms with Gasteiger partial charge in [0.1, 0.15) is 5.54 Å². The molecule has 2 aromatic rings. The first kappa shape index (κ1) is 13.8. The van der Waals surface area contributed by atoms with E-state index in [2.05, 4.69) is 35.2 Å². The van der Waals surface area contributed by atoms with Gasteiger partial charge in [0.15, 0.2) is 0 Å². The number of rotatable bonds is 3. The van der Waals surface area contributed by atoms with Crippen LogP contribution in [-0.4, -0.2) is 18.0 Å². The van der Waals surface area contributed by atoms with Crippen LogP contribution < -0.4 is 5.73 Å². The minimum atomic E-state index is -0.951. The van der Waals surface area contributed by atoms with E-state index < -0.39 is 5.54 Å². The van der Waals surface area contributed by atoms with Crippen molar-refractivity contribution < 1.29 is 0 Å². The van der Waals surface area contributed by atoms with Crippen molar-refractivity contribution in [3.05, 3.63) is 71.3 Å². The standard InChI is InChI=1S/C18H19N3/c19-13-18(20,17-8-2-1-3-9-17)14-21-11-10-15-6-4-5-7-16(15)12-21/h1-9H,10-12,14,20H2. The average molecular weight is 277 g/mol. The predicted octanol–water partition coefficient (Wildman–Crippen LogP) is 2.42. The highest BCUT2D eigenvalue weighted by Gasteiger charge is 2.31. The van der Waals surface area contributed by atoms with E-state index in [-0.39, 0.29) is 0 Å². The van der Waals surface area contributed by atoms with Gasteiger partial charge in [0.05, 0.1) is 6.07 Å². The predicted molar refractivity (Wildman–Crippen MR) is 83.3 cm³/mol. The maximum absolute atomic E-state index is 9.56. The molecule has 1 heterocycles. The van der Waals surface area contributed by atoms with Crippen LogP contribution in [0.2, 0.25) is 0 Å². The molecule has 0 saturated heterocycles. The van der Waals surface area contributed by atoms with Crippen molar-refractivity contribution >= 4 is 0 Å². The van der Waals surface area contributed by atoms with Gasteiger partial charge in [-0.3, -0.25) is 4.90 Å². The summed E-state index contributed by atoms with van der Waals surface area (Å²) >= 11 is 0. The summed E-state index contributed by atoms with van der Waals surface area (Å²) < 4.78 is 0. The number of hydrogen-bond donors (Lipinski definition) is 1. The molecular formula is C18H19N3. The third kappa shape index (κ3) is 2.82. The lowest BCUT2D eigenvalue weighted by Crippen LogP contribution is -2.48. The van der Waals surface area contributed by atoms with Crippen LogP contribution in [0.1, 0.15) is 16.7 Å². The first-order chi connectivity index (χ1) is 10.2. The van der Waals surface area contributed by atoms with Crippen molar-refractivity contribution in [2.75, 3.05) is 13.1 Å². The second-order valence-corrected chi connectivity index (χ2v) is 5.68. The minimum Gasteiger partial charge on any atom is -0.309 e. The van der Waals surface area contributed by atoms with Crippen molar-refractivity contribution in [3.8, 4) is 6.07 Å². The first-order valence-corrected chi connectivity index (χ1v) is 7.26. The van der Waals surface area contributed by atoms with Gasteiger partial charge in [-0.2, -0.15) is 5.26 Å². The summed E-state index contributed by atoms with van der Waals surface area (Å²) in [6.07, 6.45) is 1.02.